The molecule has 28 heavy (non-hydrogen) atoms. The number of nitrogens with zero attached hydrogens (tertiary/aromatic N) is 2. The molecule has 1 saturated heterocycles. The molecule has 1 amide bonds. The molecule has 2 heterocycles. The molecule has 1 fully saturated rings. The van der Waals surface area contributed by atoms with Crippen LogP contribution in [0, 0.1) is 5.92 Å². The Bertz CT molecular complexity index is 829. The Hall–Kier alpha value is -2.28. The number of fused-ring (bicyclic) bond motifs is 1. The predicted molar refractivity (Wildman–Crippen MR) is 110 cm³/mol. The van der Waals surface area contributed by atoms with Gasteiger partial charge in [0.15, 0.2) is 5.17 Å². The number of rotatable bonds is 6. The summed E-state index contributed by atoms with van der Waals surface area (Å²) >= 11 is 1.46. The third-order valence-corrected chi connectivity index (χ3v) is 6.04. The number of benzene rings is 1. The van der Waals surface area contributed by atoms with Crippen LogP contribution in [0.3, 0.4) is 0 Å². The fraction of sp³-hybridized carbons (Fsp3) is 0.476. The molecule has 0 N–H and O–H groups in total. The van der Waals surface area contributed by atoms with E-state index in [0.717, 1.165) is 5.56 Å². The van der Waals surface area contributed by atoms with Gasteiger partial charge in [0.05, 0.1) is 36.3 Å². The highest BCUT2D eigenvalue weighted by atomic mass is 32.2. The molecule has 7 heteroatoms. The summed E-state index contributed by atoms with van der Waals surface area (Å²) in [5.74, 6) is 0.494. The maximum Gasteiger partial charge on any atom is 0.338 e. The highest BCUT2D eigenvalue weighted by molar-refractivity contribution is 8.15. The molecule has 150 valence electrons. The van der Waals surface area contributed by atoms with E-state index in [4.69, 9.17) is 9.47 Å². The van der Waals surface area contributed by atoms with Crippen LogP contribution in [0.15, 0.2) is 40.5 Å². The molecule has 0 bridgehead atoms. The van der Waals surface area contributed by atoms with Crippen molar-refractivity contribution in [3.8, 4) is 5.75 Å². The number of amidine groups is 1. The minimum atomic E-state index is -0.547. The van der Waals surface area contributed by atoms with Crippen LogP contribution in [-0.4, -0.2) is 40.9 Å². The van der Waals surface area contributed by atoms with Gasteiger partial charge in [-0.1, -0.05) is 44.7 Å². The van der Waals surface area contributed by atoms with Gasteiger partial charge in [-0.05, 0) is 37.0 Å². The first-order chi connectivity index (χ1) is 13.4. The second-order valence-electron chi connectivity index (χ2n) is 7.28. The number of thioether (sulfide) groups is 1. The largest absolute Gasteiger partial charge is 0.497 e. The SMILES string of the molecule is CC[C@@H]1SC2=NC(C)=C(C(=O)OCC(C)C)[C@@H](c3ccc(OC)cc3)N2C1=O. The van der Waals surface area contributed by atoms with Gasteiger partial charge >= 0.3 is 5.97 Å². The maximum atomic E-state index is 13.0. The zero-order valence-electron chi connectivity index (χ0n) is 16.9. The van der Waals surface area contributed by atoms with Gasteiger partial charge in [-0.3, -0.25) is 9.69 Å². The lowest BCUT2D eigenvalue weighted by Gasteiger charge is -2.33. The van der Waals surface area contributed by atoms with Crippen molar-refractivity contribution >= 4 is 28.8 Å². The number of hydrogen-bond donors (Lipinski definition) is 0. The van der Waals surface area contributed by atoms with E-state index in [0.29, 0.717) is 35.2 Å². The molecule has 1 aromatic rings. The summed E-state index contributed by atoms with van der Waals surface area (Å²) in [5, 5.41) is 0.467. The number of carbonyl (C=O) groups is 2. The van der Waals surface area contributed by atoms with Crippen LogP contribution < -0.4 is 4.74 Å². The zero-order chi connectivity index (χ0) is 20.4. The number of ether oxygens (including phenoxy) is 2. The lowest BCUT2D eigenvalue weighted by atomic mass is 9.94. The van der Waals surface area contributed by atoms with E-state index in [2.05, 4.69) is 4.99 Å². The van der Waals surface area contributed by atoms with E-state index in [9.17, 15) is 9.59 Å². The minimum Gasteiger partial charge on any atom is -0.497 e. The van der Waals surface area contributed by atoms with Crippen LogP contribution in [0.5, 0.6) is 5.75 Å². The summed E-state index contributed by atoms with van der Waals surface area (Å²) in [4.78, 5) is 32.2. The first-order valence-corrected chi connectivity index (χ1v) is 10.4. The Labute approximate surface area is 170 Å². The molecule has 2 aliphatic rings. The molecule has 2 atom stereocenters. The number of aliphatic imine (C=N–C) groups is 1. The summed E-state index contributed by atoms with van der Waals surface area (Å²) in [6.45, 7) is 8.08. The second-order valence-corrected chi connectivity index (χ2v) is 8.45. The first-order valence-electron chi connectivity index (χ1n) is 9.47. The maximum absolute atomic E-state index is 13.0. The lowest BCUT2D eigenvalue weighted by Crippen LogP contribution is -2.40. The number of carbonyl (C=O) groups excluding carboxylic acids is 2. The van der Waals surface area contributed by atoms with Crippen LogP contribution in [0.25, 0.3) is 0 Å². The Morgan fingerprint density at radius 3 is 2.54 bits per heavy atom. The molecule has 0 saturated carbocycles. The van der Waals surface area contributed by atoms with Crippen LogP contribution >= 0.6 is 11.8 Å². The van der Waals surface area contributed by atoms with E-state index in [-0.39, 0.29) is 17.1 Å². The Balaban J connectivity index is 2.05. The molecule has 0 aromatic heterocycles. The molecule has 2 aliphatic heterocycles. The van der Waals surface area contributed by atoms with Gasteiger partial charge in [-0.25, -0.2) is 9.79 Å². The Kier molecular flexibility index (Phi) is 6.13. The van der Waals surface area contributed by atoms with Gasteiger partial charge in [0.25, 0.3) is 0 Å². The van der Waals surface area contributed by atoms with Gasteiger partial charge in [0.2, 0.25) is 5.91 Å². The molecule has 1 aromatic carbocycles. The zero-order valence-corrected chi connectivity index (χ0v) is 17.7. The smallest absolute Gasteiger partial charge is 0.338 e. The normalized spacial score (nSPS) is 21.7. The monoisotopic (exact) mass is 402 g/mol. The number of methoxy groups -OCH3 is 1. The van der Waals surface area contributed by atoms with Crippen molar-refractivity contribution in [2.75, 3.05) is 13.7 Å². The summed E-state index contributed by atoms with van der Waals surface area (Å²) in [7, 11) is 1.60. The second kappa shape index (κ2) is 8.39. The van der Waals surface area contributed by atoms with Gasteiger partial charge in [0.1, 0.15) is 5.75 Å². The average molecular weight is 403 g/mol. The molecule has 0 unspecified atom stereocenters. The van der Waals surface area contributed by atoms with Crippen molar-refractivity contribution < 1.29 is 19.1 Å². The Morgan fingerprint density at radius 2 is 1.96 bits per heavy atom. The number of hydrogen-bond acceptors (Lipinski definition) is 6. The quantitative estimate of drug-likeness (QED) is 0.675. The van der Waals surface area contributed by atoms with E-state index in [1.54, 1.807) is 18.9 Å². The van der Waals surface area contributed by atoms with Crippen molar-refractivity contribution in [1.29, 1.82) is 0 Å². The highest BCUT2D eigenvalue weighted by Crippen LogP contribution is 2.44. The third kappa shape index (κ3) is 3.81. The van der Waals surface area contributed by atoms with Crippen molar-refractivity contribution in [3.05, 3.63) is 41.1 Å². The molecule has 0 radical (unpaired) electrons. The van der Waals surface area contributed by atoms with Gasteiger partial charge in [0, 0.05) is 0 Å². The molecular weight excluding hydrogens is 376 g/mol. The van der Waals surface area contributed by atoms with Gasteiger partial charge in [-0.15, -0.1) is 0 Å². The number of esters is 1. The molecule has 0 aliphatic carbocycles. The predicted octanol–water partition coefficient (Wildman–Crippen LogP) is 3.93. The average Bonchev–Trinajstić information content (AvgIpc) is 3.00. The van der Waals surface area contributed by atoms with E-state index in [1.165, 1.54) is 11.8 Å². The summed E-state index contributed by atoms with van der Waals surface area (Å²) in [6.07, 6.45) is 0.709. The fourth-order valence-electron chi connectivity index (χ4n) is 3.27. The van der Waals surface area contributed by atoms with Crippen molar-refractivity contribution in [2.24, 2.45) is 10.9 Å². The molecule has 3 rings (SSSR count). The lowest BCUT2D eigenvalue weighted by molar-refractivity contribution is -0.141. The number of allylic oxidation sites excluding steroid dienone is 1. The topological polar surface area (TPSA) is 68.2 Å². The fourth-order valence-corrected chi connectivity index (χ4v) is 4.41. The van der Waals surface area contributed by atoms with Gasteiger partial charge < -0.3 is 9.47 Å². The third-order valence-electron chi connectivity index (χ3n) is 4.72. The first kappa shape index (κ1) is 20.5. The summed E-state index contributed by atoms with van der Waals surface area (Å²) in [5.41, 5.74) is 1.84. The summed E-state index contributed by atoms with van der Waals surface area (Å²) in [6, 6.07) is 6.88. The van der Waals surface area contributed by atoms with Gasteiger partial charge in [-0.2, -0.15) is 0 Å². The standard InChI is InChI=1S/C21H26N2O4S/c1-6-16-19(24)23-18(14-7-9-15(26-5)10-8-14)17(13(4)22-21(23)28-16)20(25)27-11-12(2)3/h7-10,12,16,18H,6,11H2,1-5H3/t16-,18+/m0/s1. The Morgan fingerprint density at radius 1 is 1.29 bits per heavy atom. The summed E-state index contributed by atoms with van der Waals surface area (Å²) < 4.78 is 10.8. The van der Waals surface area contributed by atoms with E-state index >= 15 is 0 Å². The molecule has 6 nitrogen and oxygen atoms in total. The number of amides is 1. The van der Waals surface area contributed by atoms with E-state index in [1.807, 2.05) is 45.0 Å². The molecular formula is C21H26N2O4S. The van der Waals surface area contributed by atoms with Crippen LogP contribution in [0.2, 0.25) is 0 Å². The van der Waals surface area contributed by atoms with E-state index < -0.39 is 12.0 Å². The van der Waals surface area contributed by atoms with Crippen molar-refractivity contribution in [3.63, 3.8) is 0 Å². The van der Waals surface area contributed by atoms with Crippen LogP contribution in [0.4, 0.5) is 0 Å². The minimum absolute atomic E-state index is 0.0197. The van der Waals surface area contributed by atoms with Crippen LogP contribution in [0.1, 0.15) is 45.7 Å². The highest BCUT2D eigenvalue weighted by Gasteiger charge is 2.47. The molecule has 0 spiro atoms. The van der Waals surface area contributed by atoms with Crippen molar-refractivity contribution in [1.82, 2.24) is 4.90 Å². The van der Waals surface area contributed by atoms with Crippen molar-refractivity contribution in [2.45, 2.75) is 45.4 Å². The van der Waals surface area contributed by atoms with Crippen LogP contribution in [-0.2, 0) is 14.3 Å².